The lowest BCUT2D eigenvalue weighted by atomic mass is 10.1. The number of hydrogen-bond donors (Lipinski definition) is 1. The lowest BCUT2D eigenvalue weighted by Gasteiger charge is -2.24. The van der Waals surface area contributed by atoms with Gasteiger partial charge in [0.25, 0.3) is 0 Å². The number of ether oxygens (including phenoxy) is 1. The molecular weight excluding hydrogens is 208 g/mol. The first kappa shape index (κ1) is 13.0. The highest BCUT2D eigenvalue weighted by atomic mass is 16.5. The molecule has 1 aliphatic rings. The van der Waals surface area contributed by atoms with Gasteiger partial charge in [0.2, 0.25) is 5.91 Å². The predicted molar refractivity (Wildman–Crippen MR) is 59.5 cm³/mol. The van der Waals surface area contributed by atoms with E-state index in [1.807, 2.05) is 0 Å². The molecule has 0 aromatic rings. The van der Waals surface area contributed by atoms with Crippen LogP contribution in [0.2, 0.25) is 0 Å². The van der Waals surface area contributed by atoms with Crippen molar-refractivity contribution in [2.45, 2.75) is 19.8 Å². The predicted octanol–water partition coefficient (Wildman–Crippen LogP) is -0.00720. The van der Waals surface area contributed by atoms with Crippen LogP contribution in [0.3, 0.4) is 0 Å². The fourth-order valence-corrected chi connectivity index (χ4v) is 1.83. The van der Waals surface area contributed by atoms with Gasteiger partial charge >= 0.3 is 5.97 Å². The third-order valence-electron chi connectivity index (χ3n) is 3.20. The normalized spacial score (nSPS) is 18.8. The van der Waals surface area contributed by atoms with Crippen LogP contribution < -0.4 is 5.73 Å². The SMILES string of the molecule is COC(=O)C(C)CN(C)C(=O)C1(CN)CC1. The zero-order valence-electron chi connectivity index (χ0n) is 10.2. The summed E-state index contributed by atoms with van der Waals surface area (Å²) < 4.78 is 4.62. The van der Waals surface area contributed by atoms with Crippen molar-refractivity contribution < 1.29 is 14.3 Å². The standard InChI is InChI=1S/C11H20N2O3/c1-8(9(14)16-3)6-13(2)10(15)11(7-12)4-5-11/h8H,4-7,12H2,1-3H3. The Labute approximate surface area is 95.9 Å². The lowest BCUT2D eigenvalue weighted by molar-refractivity contribution is -0.146. The Bertz CT molecular complexity index is 287. The van der Waals surface area contributed by atoms with Gasteiger partial charge in [-0.25, -0.2) is 0 Å². The number of rotatable bonds is 5. The van der Waals surface area contributed by atoms with Gasteiger partial charge in [-0.15, -0.1) is 0 Å². The van der Waals surface area contributed by atoms with Crippen LogP contribution in [0.4, 0.5) is 0 Å². The Morgan fingerprint density at radius 3 is 2.44 bits per heavy atom. The molecule has 1 saturated carbocycles. The topological polar surface area (TPSA) is 72.6 Å². The minimum Gasteiger partial charge on any atom is -0.469 e. The molecule has 0 aromatic carbocycles. The van der Waals surface area contributed by atoms with E-state index in [0.717, 1.165) is 12.8 Å². The molecule has 0 aliphatic heterocycles. The second-order valence-electron chi connectivity index (χ2n) is 4.59. The lowest BCUT2D eigenvalue weighted by Crippen LogP contribution is -2.41. The minimum atomic E-state index is -0.343. The second kappa shape index (κ2) is 4.82. The van der Waals surface area contributed by atoms with Gasteiger partial charge < -0.3 is 15.4 Å². The van der Waals surface area contributed by atoms with Crippen LogP contribution in [0.5, 0.6) is 0 Å². The van der Waals surface area contributed by atoms with Crippen molar-refractivity contribution in [3.8, 4) is 0 Å². The van der Waals surface area contributed by atoms with Gasteiger partial charge in [0.05, 0.1) is 18.4 Å². The summed E-state index contributed by atoms with van der Waals surface area (Å²) in [6, 6.07) is 0. The number of carbonyl (C=O) groups is 2. The average Bonchev–Trinajstić information content (AvgIpc) is 3.07. The van der Waals surface area contributed by atoms with E-state index in [2.05, 4.69) is 4.74 Å². The summed E-state index contributed by atoms with van der Waals surface area (Å²) in [5.74, 6) is -0.546. The van der Waals surface area contributed by atoms with Crippen molar-refractivity contribution in [2.24, 2.45) is 17.1 Å². The fraction of sp³-hybridized carbons (Fsp3) is 0.818. The Kier molecular flexibility index (Phi) is 3.91. The zero-order chi connectivity index (χ0) is 12.3. The Hall–Kier alpha value is -1.10. The molecule has 0 bridgehead atoms. The van der Waals surface area contributed by atoms with Crippen LogP contribution in [0, 0.1) is 11.3 Å². The number of methoxy groups -OCH3 is 1. The summed E-state index contributed by atoms with van der Waals surface area (Å²) in [5, 5.41) is 0. The number of hydrogen-bond acceptors (Lipinski definition) is 4. The molecule has 0 heterocycles. The van der Waals surface area contributed by atoms with Crippen molar-refractivity contribution in [3.05, 3.63) is 0 Å². The van der Waals surface area contributed by atoms with Crippen molar-refractivity contribution in [3.63, 3.8) is 0 Å². The maximum absolute atomic E-state index is 12.0. The number of amides is 1. The summed E-state index contributed by atoms with van der Waals surface area (Å²) in [5.41, 5.74) is 5.24. The molecule has 1 atom stereocenters. The number of nitrogens with zero attached hydrogens (tertiary/aromatic N) is 1. The number of carbonyl (C=O) groups excluding carboxylic acids is 2. The van der Waals surface area contributed by atoms with Crippen LogP contribution in [-0.2, 0) is 14.3 Å². The first-order valence-corrected chi connectivity index (χ1v) is 5.50. The van der Waals surface area contributed by atoms with Gasteiger partial charge in [-0.3, -0.25) is 9.59 Å². The van der Waals surface area contributed by atoms with E-state index in [1.54, 1.807) is 18.9 Å². The Morgan fingerprint density at radius 2 is 2.06 bits per heavy atom. The molecule has 0 spiro atoms. The summed E-state index contributed by atoms with van der Waals surface area (Å²) in [4.78, 5) is 24.8. The molecule has 1 amide bonds. The summed E-state index contributed by atoms with van der Waals surface area (Å²) in [6.07, 6.45) is 1.72. The van der Waals surface area contributed by atoms with Gasteiger partial charge in [0.1, 0.15) is 0 Å². The maximum atomic E-state index is 12.0. The van der Waals surface area contributed by atoms with Gasteiger partial charge in [-0.2, -0.15) is 0 Å². The third kappa shape index (κ3) is 2.52. The van der Waals surface area contributed by atoms with Crippen LogP contribution in [0.25, 0.3) is 0 Å². The summed E-state index contributed by atoms with van der Waals surface area (Å²) in [6.45, 7) is 2.52. The van der Waals surface area contributed by atoms with E-state index >= 15 is 0 Å². The van der Waals surface area contributed by atoms with E-state index in [0.29, 0.717) is 13.1 Å². The molecule has 5 heteroatoms. The average molecular weight is 228 g/mol. The first-order valence-electron chi connectivity index (χ1n) is 5.50. The Balaban J connectivity index is 2.49. The molecule has 5 nitrogen and oxygen atoms in total. The summed E-state index contributed by atoms with van der Waals surface area (Å²) in [7, 11) is 3.06. The quantitative estimate of drug-likeness (QED) is 0.672. The zero-order valence-corrected chi connectivity index (χ0v) is 10.2. The third-order valence-corrected chi connectivity index (χ3v) is 3.20. The highest BCUT2D eigenvalue weighted by Crippen LogP contribution is 2.45. The molecule has 1 fully saturated rings. The smallest absolute Gasteiger partial charge is 0.310 e. The van der Waals surface area contributed by atoms with Gasteiger partial charge in [0.15, 0.2) is 0 Å². The Morgan fingerprint density at radius 1 is 1.50 bits per heavy atom. The maximum Gasteiger partial charge on any atom is 0.310 e. The van der Waals surface area contributed by atoms with Crippen molar-refractivity contribution in [1.82, 2.24) is 4.90 Å². The largest absolute Gasteiger partial charge is 0.469 e. The highest BCUT2D eigenvalue weighted by Gasteiger charge is 2.50. The van der Waals surface area contributed by atoms with Crippen molar-refractivity contribution in [2.75, 3.05) is 27.2 Å². The first-order chi connectivity index (χ1) is 7.46. The fourth-order valence-electron chi connectivity index (χ4n) is 1.83. The molecule has 0 aromatic heterocycles. The molecule has 92 valence electrons. The highest BCUT2D eigenvalue weighted by molar-refractivity contribution is 5.86. The van der Waals surface area contributed by atoms with Crippen molar-refractivity contribution >= 4 is 11.9 Å². The van der Waals surface area contributed by atoms with Crippen LogP contribution >= 0.6 is 0 Å². The van der Waals surface area contributed by atoms with Crippen molar-refractivity contribution in [1.29, 1.82) is 0 Å². The second-order valence-corrected chi connectivity index (χ2v) is 4.59. The van der Waals surface area contributed by atoms with Gasteiger partial charge in [-0.05, 0) is 12.8 Å². The molecule has 1 aliphatic carbocycles. The number of esters is 1. The molecular formula is C11H20N2O3. The van der Waals surface area contributed by atoms with E-state index in [-0.39, 0.29) is 23.2 Å². The van der Waals surface area contributed by atoms with E-state index in [1.165, 1.54) is 7.11 Å². The number of nitrogens with two attached hydrogens (primary N) is 1. The van der Waals surface area contributed by atoms with Crippen LogP contribution in [-0.4, -0.2) is 44.0 Å². The molecule has 1 rings (SSSR count). The molecule has 0 saturated heterocycles. The minimum absolute atomic E-state index is 0.0470. The van der Waals surface area contributed by atoms with Gasteiger partial charge in [-0.1, -0.05) is 6.92 Å². The molecule has 2 N–H and O–H groups in total. The van der Waals surface area contributed by atoms with Crippen LogP contribution in [0.15, 0.2) is 0 Å². The molecule has 1 unspecified atom stereocenters. The van der Waals surface area contributed by atoms with E-state index in [9.17, 15) is 9.59 Å². The molecule has 0 radical (unpaired) electrons. The van der Waals surface area contributed by atoms with E-state index < -0.39 is 0 Å². The van der Waals surface area contributed by atoms with Gasteiger partial charge in [0, 0.05) is 20.1 Å². The summed E-state index contributed by atoms with van der Waals surface area (Å²) >= 11 is 0. The monoisotopic (exact) mass is 228 g/mol. The van der Waals surface area contributed by atoms with E-state index in [4.69, 9.17) is 5.73 Å². The molecule has 16 heavy (non-hydrogen) atoms. The van der Waals surface area contributed by atoms with Crippen LogP contribution in [0.1, 0.15) is 19.8 Å².